The fourth-order valence-electron chi connectivity index (χ4n) is 1.72. The molecule has 0 amide bonds. The lowest BCUT2D eigenvalue weighted by Crippen LogP contribution is -2.43. The van der Waals surface area contributed by atoms with Gasteiger partial charge in [-0.15, -0.1) is 0 Å². The van der Waals surface area contributed by atoms with Crippen LogP contribution in [0, 0.1) is 0 Å². The Hall–Kier alpha value is -0.980. The first kappa shape index (κ1) is 11.5. The van der Waals surface area contributed by atoms with Crippen molar-refractivity contribution in [1.82, 2.24) is 15.0 Å². The van der Waals surface area contributed by atoms with Crippen LogP contribution in [0.25, 0.3) is 0 Å². The number of aryl methyl sites for hydroxylation is 1. The minimum atomic E-state index is -0.0951. The van der Waals surface area contributed by atoms with E-state index in [2.05, 4.69) is 15.0 Å². The summed E-state index contributed by atoms with van der Waals surface area (Å²) in [6, 6.07) is 0. The third-order valence-corrected chi connectivity index (χ3v) is 2.61. The lowest BCUT2D eigenvalue weighted by molar-refractivity contribution is -0.0571. The standard InChI is InChI=1S/C10H17N3O3/c1-2-9-11-10(16-12-9)6-13-3-4-15-8(5-13)7-14/h8,14H,2-7H2,1H3. The number of aromatic nitrogens is 2. The van der Waals surface area contributed by atoms with E-state index in [-0.39, 0.29) is 12.7 Å². The van der Waals surface area contributed by atoms with E-state index >= 15 is 0 Å². The molecule has 6 heteroatoms. The normalized spacial score (nSPS) is 22.5. The molecule has 1 saturated heterocycles. The van der Waals surface area contributed by atoms with E-state index in [0.29, 0.717) is 25.6 Å². The Morgan fingerprint density at radius 2 is 2.44 bits per heavy atom. The van der Waals surface area contributed by atoms with Crippen LogP contribution in [0.2, 0.25) is 0 Å². The number of aliphatic hydroxyl groups excluding tert-OH is 1. The molecular formula is C10H17N3O3. The van der Waals surface area contributed by atoms with Gasteiger partial charge < -0.3 is 14.4 Å². The lowest BCUT2D eigenvalue weighted by Gasteiger charge is -2.30. The molecule has 90 valence electrons. The largest absolute Gasteiger partial charge is 0.394 e. The van der Waals surface area contributed by atoms with Gasteiger partial charge in [0.1, 0.15) is 0 Å². The number of hydrogen-bond donors (Lipinski definition) is 1. The third-order valence-electron chi connectivity index (χ3n) is 2.61. The Kier molecular flexibility index (Phi) is 3.87. The highest BCUT2D eigenvalue weighted by Gasteiger charge is 2.21. The highest BCUT2D eigenvalue weighted by atomic mass is 16.5. The van der Waals surface area contributed by atoms with E-state index in [1.54, 1.807) is 0 Å². The predicted molar refractivity (Wildman–Crippen MR) is 55.8 cm³/mol. The van der Waals surface area contributed by atoms with Crippen molar-refractivity contribution < 1.29 is 14.4 Å². The Morgan fingerprint density at radius 3 is 3.12 bits per heavy atom. The monoisotopic (exact) mass is 227 g/mol. The molecule has 2 rings (SSSR count). The summed E-state index contributed by atoms with van der Waals surface area (Å²) in [5.41, 5.74) is 0. The lowest BCUT2D eigenvalue weighted by atomic mass is 10.3. The van der Waals surface area contributed by atoms with Crippen molar-refractivity contribution in [3.05, 3.63) is 11.7 Å². The molecule has 1 aliphatic heterocycles. The fraction of sp³-hybridized carbons (Fsp3) is 0.800. The van der Waals surface area contributed by atoms with Gasteiger partial charge in [0.15, 0.2) is 5.82 Å². The molecule has 1 unspecified atom stereocenters. The minimum Gasteiger partial charge on any atom is -0.394 e. The highest BCUT2D eigenvalue weighted by Crippen LogP contribution is 2.09. The predicted octanol–water partition coefficient (Wildman–Crippen LogP) is -0.175. The van der Waals surface area contributed by atoms with Crippen LogP contribution in [-0.2, 0) is 17.7 Å². The molecule has 1 atom stereocenters. The Labute approximate surface area is 94.2 Å². The van der Waals surface area contributed by atoms with Crippen LogP contribution < -0.4 is 0 Å². The molecule has 16 heavy (non-hydrogen) atoms. The van der Waals surface area contributed by atoms with Gasteiger partial charge in [-0.3, -0.25) is 4.90 Å². The number of rotatable bonds is 4. The Balaban J connectivity index is 1.88. The van der Waals surface area contributed by atoms with Gasteiger partial charge in [0.2, 0.25) is 5.89 Å². The van der Waals surface area contributed by atoms with Crippen molar-refractivity contribution in [2.75, 3.05) is 26.3 Å². The zero-order chi connectivity index (χ0) is 11.4. The Bertz CT molecular complexity index is 329. The molecule has 0 saturated carbocycles. The molecular weight excluding hydrogens is 210 g/mol. The second-order valence-electron chi connectivity index (χ2n) is 3.87. The van der Waals surface area contributed by atoms with Crippen molar-refractivity contribution in [3.63, 3.8) is 0 Å². The molecule has 1 aromatic rings. The van der Waals surface area contributed by atoms with Gasteiger partial charge in [-0.05, 0) is 0 Å². The molecule has 1 aliphatic rings. The third kappa shape index (κ3) is 2.78. The molecule has 0 bridgehead atoms. The van der Waals surface area contributed by atoms with Crippen molar-refractivity contribution in [2.24, 2.45) is 0 Å². The molecule has 0 aromatic carbocycles. The number of nitrogens with zero attached hydrogens (tertiary/aromatic N) is 3. The molecule has 0 spiro atoms. The molecule has 1 fully saturated rings. The van der Waals surface area contributed by atoms with E-state index in [1.807, 2.05) is 6.92 Å². The van der Waals surface area contributed by atoms with Crippen LogP contribution in [0.5, 0.6) is 0 Å². The summed E-state index contributed by atoms with van der Waals surface area (Å²) in [6.07, 6.45) is 0.689. The molecule has 6 nitrogen and oxygen atoms in total. The summed E-state index contributed by atoms with van der Waals surface area (Å²) in [5.74, 6) is 1.37. The summed E-state index contributed by atoms with van der Waals surface area (Å²) in [6.45, 7) is 4.86. The smallest absolute Gasteiger partial charge is 0.240 e. The van der Waals surface area contributed by atoms with Crippen molar-refractivity contribution >= 4 is 0 Å². The maximum atomic E-state index is 9.01. The summed E-state index contributed by atoms with van der Waals surface area (Å²) in [7, 11) is 0. The number of morpholine rings is 1. The van der Waals surface area contributed by atoms with E-state index in [1.165, 1.54) is 0 Å². The van der Waals surface area contributed by atoms with Crippen molar-refractivity contribution in [2.45, 2.75) is 26.0 Å². The zero-order valence-electron chi connectivity index (χ0n) is 9.43. The van der Waals surface area contributed by atoms with Gasteiger partial charge in [0, 0.05) is 19.5 Å². The SMILES string of the molecule is CCc1noc(CN2CCOC(CO)C2)n1. The van der Waals surface area contributed by atoms with Gasteiger partial charge in [-0.2, -0.15) is 4.98 Å². The van der Waals surface area contributed by atoms with Crippen LogP contribution >= 0.6 is 0 Å². The Morgan fingerprint density at radius 1 is 1.56 bits per heavy atom. The summed E-state index contributed by atoms with van der Waals surface area (Å²) < 4.78 is 10.5. The van der Waals surface area contributed by atoms with E-state index < -0.39 is 0 Å². The second-order valence-corrected chi connectivity index (χ2v) is 3.87. The molecule has 0 aliphatic carbocycles. The van der Waals surface area contributed by atoms with Gasteiger partial charge in [-0.1, -0.05) is 12.1 Å². The maximum absolute atomic E-state index is 9.01. The summed E-state index contributed by atoms with van der Waals surface area (Å²) >= 11 is 0. The highest BCUT2D eigenvalue weighted by molar-refractivity contribution is 4.86. The van der Waals surface area contributed by atoms with Crippen LogP contribution in [0.15, 0.2) is 4.52 Å². The first-order valence-electron chi connectivity index (χ1n) is 5.58. The number of hydrogen-bond acceptors (Lipinski definition) is 6. The van der Waals surface area contributed by atoms with Gasteiger partial charge >= 0.3 is 0 Å². The molecule has 2 heterocycles. The fourth-order valence-corrected chi connectivity index (χ4v) is 1.72. The minimum absolute atomic E-state index is 0.0561. The van der Waals surface area contributed by atoms with E-state index in [4.69, 9.17) is 14.4 Å². The van der Waals surface area contributed by atoms with Gasteiger partial charge in [-0.25, -0.2) is 0 Å². The maximum Gasteiger partial charge on any atom is 0.240 e. The first-order chi connectivity index (χ1) is 7.81. The topological polar surface area (TPSA) is 71.6 Å². The molecule has 1 N–H and O–H groups in total. The number of aliphatic hydroxyl groups is 1. The van der Waals surface area contributed by atoms with Gasteiger partial charge in [0.25, 0.3) is 0 Å². The van der Waals surface area contributed by atoms with Crippen LogP contribution in [0.1, 0.15) is 18.6 Å². The first-order valence-corrected chi connectivity index (χ1v) is 5.58. The van der Waals surface area contributed by atoms with Crippen molar-refractivity contribution in [1.29, 1.82) is 0 Å². The van der Waals surface area contributed by atoms with Crippen LogP contribution in [0.4, 0.5) is 0 Å². The molecule has 1 aromatic heterocycles. The quantitative estimate of drug-likeness (QED) is 0.769. The average Bonchev–Trinajstić information content (AvgIpc) is 2.77. The van der Waals surface area contributed by atoms with Crippen LogP contribution in [-0.4, -0.2) is 52.6 Å². The van der Waals surface area contributed by atoms with Crippen molar-refractivity contribution in [3.8, 4) is 0 Å². The summed E-state index contributed by atoms with van der Waals surface area (Å²) in [4.78, 5) is 6.40. The van der Waals surface area contributed by atoms with E-state index in [9.17, 15) is 0 Å². The van der Waals surface area contributed by atoms with E-state index in [0.717, 1.165) is 18.8 Å². The molecule has 0 radical (unpaired) electrons. The zero-order valence-corrected chi connectivity index (χ0v) is 9.43. The van der Waals surface area contributed by atoms with Gasteiger partial charge in [0.05, 0.1) is 25.9 Å². The second kappa shape index (κ2) is 5.38. The average molecular weight is 227 g/mol. The van der Waals surface area contributed by atoms with Crippen LogP contribution in [0.3, 0.4) is 0 Å². The summed E-state index contributed by atoms with van der Waals surface area (Å²) in [5, 5.41) is 12.9. The number of ether oxygens (including phenoxy) is 1.